The second-order valence-corrected chi connectivity index (χ2v) is 6.99. The number of carbonyl (C=O) groups is 2. The molecule has 0 unspecified atom stereocenters. The number of hydrogen-bond acceptors (Lipinski definition) is 5. The van der Waals surface area contributed by atoms with Crippen LogP contribution in [0.15, 0.2) is 54.6 Å². The van der Waals surface area contributed by atoms with Crippen molar-refractivity contribution in [3.8, 4) is 0 Å². The number of carbonyl (C=O) groups excluding carboxylic acids is 2. The van der Waals surface area contributed by atoms with Crippen molar-refractivity contribution in [1.82, 2.24) is 15.4 Å². The highest BCUT2D eigenvalue weighted by Crippen LogP contribution is 2.30. The van der Waals surface area contributed by atoms with Gasteiger partial charge in [-0.05, 0) is 48.6 Å². The molecule has 0 spiro atoms. The number of alkyl halides is 3. The van der Waals surface area contributed by atoms with Gasteiger partial charge in [0.1, 0.15) is 0 Å². The van der Waals surface area contributed by atoms with Crippen molar-refractivity contribution in [3.05, 3.63) is 71.6 Å². The Balaban J connectivity index is 1.55. The van der Waals surface area contributed by atoms with Crippen LogP contribution in [0.3, 0.4) is 0 Å². The molecule has 2 amide bonds. The van der Waals surface area contributed by atoms with Crippen molar-refractivity contribution in [3.63, 3.8) is 0 Å². The average molecular weight is 446 g/mol. The molecule has 0 aliphatic carbocycles. The third kappa shape index (κ3) is 6.17. The van der Waals surface area contributed by atoms with Crippen LogP contribution in [0.4, 0.5) is 18.9 Å². The first kappa shape index (κ1) is 23.0. The van der Waals surface area contributed by atoms with E-state index in [1.165, 1.54) is 29.8 Å². The Hall–Kier alpha value is -3.66. The number of rotatable bonds is 5. The summed E-state index contributed by atoms with van der Waals surface area (Å²) in [6.45, 7) is 1.90. The highest BCUT2D eigenvalue weighted by atomic mass is 19.4. The maximum Gasteiger partial charge on any atom is 0.416 e. The lowest BCUT2D eigenvalue weighted by atomic mass is 10.1. The lowest BCUT2D eigenvalue weighted by molar-refractivity contribution is -0.137. The summed E-state index contributed by atoms with van der Waals surface area (Å²) in [6, 6.07) is 10.1. The van der Waals surface area contributed by atoms with E-state index in [-0.39, 0.29) is 5.91 Å². The predicted molar refractivity (Wildman–Crippen MR) is 112 cm³/mol. The van der Waals surface area contributed by atoms with E-state index in [9.17, 15) is 22.8 Å². The van der Waals surface area contributed by atoms with E-state index >= 15 is 0 Å². The summed E-state index contributed by atoms with van der Waals surface area (Å²) in [6.07, 6.45) is 1.15. The Bertz CT molecular complexity index is 1010. The second kappa shape index (κ2) is 10.1. The topological polar surface area (TPSA) is 85.8 Å². The molecule has 1 fully saturated rings. The Morgan fingerprint density at radius 1 is 0.938 bits per heavy atom. The number of anilines is 1. The zero-order valence-electron chi connectivity index (χ0n) is 16.9. The zero-order chi connectivity index (χ0) is 23.1. The summed E-state index contributed by atoms with van der Waals surface area (Å²) in [5.41, 5.74) is 2.48. The number of amides is 2. The quantitative estimate of drug-likeness (QED) is 0.419. The van der Waals surface area contributed by atoms with E-state index in [1.807, 2.05) is 4.90 Å². The second-order valence-electron chi connectivity index (χ2n) is 6.99. The minimum atomic E-state index is -4.37. The lowest BCUT2D eigenvalue weighted by Gasteiger charge is -2.35. The smallest absolute Gasteiger partial charge is 0.368 e. The summed E-state index contributed by atoms with van der Waals surface area (Å²) < 4.78 is 38.1. The number of pyridine rings is 1. The monoisotopic (exact) mass is 446 g/mol. The highest BCUT2D eigenvalue weighted by Gasteiger charge is 2.30. The summed E-state index contributed by atoms with van der Waals surface area (Å²) in [7, 11) is 0. The molecule has 1 aliphatic rings. The van der Waals surface area contributed by atoms with E-state index in [0.29, 0.717) is 43.3 Å². The van der Waals surface area contributed by atoms with E-state index < -0.39 is 17.6 Å². The van der Waals surface area contributed by atoms with Gasteiger partial charge in [0.15, 0.2) is 0 Å². The van der Waals surface area contributed by atoms with Crippen molar-refractivity contribution >= 4 is 29.7 Å². The molecule has 0 atom stereocenters. The standard InChI is InChI=1S/C22H21F3N4O3/c23-22(24,25)16-4-8-19(9-5-16)28-12-14-29(15-13-28)21(31)11-7-18-3-1-2-17(26-18)6-10-20(30)27-32/h1-11,32H,12-15H2,(H,27,30). The summed E-state index contributed by atoms with van der Waals surface area (Å²) in [4.78, 5) is 31.4. The fourth-order valence-corrected chi connectivity index (χ4v) is 3.16. The number of benzene rings is 1. The van der Waals surface area contributed by atoms with Crippen molar-refractivity contribution in [2.24, 2.45) is 0 Å². The van der Waals surface area contributed by atoms with Gasteiger partial charge in [-0.3, -0.25) is 14.8 Å². The highest BCUT2D eigenvalue weighted by molar-refractivity contribution is 5.92. The van der Waals surface area contributed by atoms with Crippen LogP contribution >= 0.6 is 0 Å². The molecule has 168 valence electrons. The van der Waals surface area contributed by atoms with E-state index in [4.69, 9.17) is 5.21 Å². The first-order valence-corrected chi connectivity index (χ1v) is 9.74. The molecule has 2 heterocycles. The van der Waals surface area contributed by atoms with Gasteiger partial charge < -0.3 is 9.80 Å². The number of hydrogen-bond donors (Lipinski definition) is 2. The Labute approximate surface area is 182 Å². The van der Waals surface area contributed by atoms with Crippen LogP contribution in [0.2, 0.25) is 0 Å². The predicted octanol–water partition coefficient (Wildman–Crippen LogP) is 2.98. The molecule has 1 aromatic heterocycles. The van der Waals surface area contributed by atoms with E-state index in [0.717, 1.165) is 18.2 Å². The van der Waals surface area contributed by atoms with Gasteiger partial charge in [-0.1, -0.05) is 6.07 Å². The molecule has 2 N–H and O–H groups in total. The molecule has 0 bridgehead atoms. The number of halogens is 3. The number of piperazine rings is 1. The van der Waals surface area contributed by atoms with Crippen LogP contribution in [0.1, 0.15) is 17.0 Å². The molecular formula is C22H21F3N4O3. The Morgan fingerprint density at radius 2 is 1.53 bits per heavy atom. The number of hydroxylamine groups is 1. The molecule has 1 aliphatic heterocycles. The van der Waals surface area contributed by atoms with Crippen molar-refractivity contribution < 1.29 is 28.0 Å². The van der Waals surface area contributed by atoms with Gasteiger partial charge in [-0.2, -0.15) is 13.2 Å². The van der Waals surface area contributed by atoms with Gasteiger partial charge >= 0.3 is 6.18 Å². The molecule has 1 aromatic carbocycles. The average Bonchev–Trinajstić information content (AvgIpc) is 2.81. The van der Waals surface area contributed by atoms with Crippen LogP contribution in [0.25, 0.3) is 12.2 Å². The molecule has 0 saturated carbocycles. The largest absolute Gasteiger partial charge is 0.416 e. The molecule has 10 heteroatoms. The van der Waals surface area contributed by atoms with Crippen LogP contribution in [0.5, 0.6) is 0 Å². The minimum Gasteiger partial charge on any atom is -0.368 e. The van der Waals surface area contributed by atoms with Gasteiger partial charge in [-0.25, -0.2) is 10.5 Å². The molecule has 32 heavy (non-hydrogen) atoms. The van der Waals surface area contributed by atoms with Gasteiger partial charge in [0.2, 0.25) is 5.91 Å². The summed E-state index contributed by atoms with van der Waals surface area (Å²) >= 11 is 0. The first-order valence-electron chi connectivity index (χ1n) is 9.74. The van der Waals surface area contributed by atoms with Crippen LogP contribution in [0, 0.1) is 0 Å². The summed E-state index contributed by atoms with van der Waals surface area (Å²) in [5.74, 6) is -0.877. The maximum absolute atomic E-state index is 12.7. The van der Waals surface area contributed by atoms with Crippen LogP contribution in [-0.2, 0) is 15.8 Å². The normalized spacial score (nSPS) is 14.9. The Morgan fingerprint density at radius 3 is 2.09 bits per heavy atom. The SMILES string of the molecule is O=C(C=Cc1cccc(C=CC(=O)N2CCN(c3ccc(C(F)(F)F)cc3)CC2)n1)NO. The van der Waals surface area contributed by atoms with Crippen molar-refractivity contribution in [1.29, 1.82) is 0 Å². The van der Waals surface area contributed by atoms with Gasteiger partial charge in [0, 0.05) is 44.0 Å². The van der Waals surface area contributed by atoms with Crippen molar-refractivity contribution in [2.75, 3.05) is 31.1 Å². The van der Waals surface area contributed by atoms with Crippen LogP contribution < -0.4 is 10.4 Å². The third-order valence-electron chi connectivity index (χ3n) is 4.86. The molecule has 3 rings (SSSR count). The number of nitrogens with zero attached hydrogens (tertiary/aromatic N) is 3. The molecule has 0 radical (unpaired) electrons. The van der Waals surface area contributed by atoms with Gasteiger partial charge in [0.25, 0.3) is 5.91 Å². The van der Waals surface area contributed by atoms with Gasteiger partial charge in [0.05, 0.1) is 17.0 Å². The van der Waals surface area contributed by atoms with Gasteiger partial charge in [-0.15, -0.1) is 0 Å². The molecular weight excluding hydrogens is 425 g/mol. The fourth-order valence-electron chi connectivity index (χ4n) is 3.16. The van der Waals surface area contributed by atoms with E-state index in [1.54, 1.807) is 29.2 Å². The third-order valence-corrected chi connectivity index (χ3v) is 4.86. The fraction of sp³-hybridized carbons (Fsp3) is 0.227. The first-order chi connectivity index (χ1) is 15.3. The molecule has 2 aromatic rings. The molecule has 7 nitrogen and oxygen atoms in total. The molecule has 1 saturated heterocycles. The van der Waals surface area contributed by atoms with Crippen molar-refractivity contribution in [2.45, 2.75) is 6.18 Å². The van der Waals surface area contributed by atoms with Crippen LogP contribution in [-0.4, -0.2) is 53.1 Å². The Kier molecular flexibility index (Phi) is 7.26. The number of nitrogens with one attached hydrogen (secondary N) is 1. The summed E-state index contributed by atoms with van der Waals surface area (Å²) in [5, 5.41) is 8.49. The maximum atomic E-state index is 12.7. The van der Waals surface area contributed by atoms with E-state index in [2.05, 4.69) is 4.98 Å². The lowest BCUT2D eigenvalue weighted by Crippen LogP contribution is -2.48. The number of aromatic nitrogens is 1. The minimum absolute atomic E-state index is 0.195. The zero-order valence-corrected chi connectivity index (χ0v) is 16.9.